The summed E-state index contributed by atoms with van der Waals surface area (Å²) in [6.07, 6.45) is 0.521. The Morgan fingerprint density at radius 2 is 2.11 bits per heavy atom. The molecule has 1 saturated heterocycles. The molecule has 0 amide bonds. The smallest absolute Gasteiger partial charge is 0.118 e. The fraction of sp³-hybridized carbons (Fsp3) is 0.600. The monoisotopic (exact) mass is 265 g/mol. The summed E-state index contributed by atoms with van der Waals surface area (Å²) in [6, 6.07) is 8.09. The van der Waals surface area contributed by atoms with Crippen molar-refractivity contribution in [1.82, 2.24) is 4.90 Å². The van der Waals surface area contributed by atoms with E-state index in [2.05, 4.69) is 24.1 Å². The van der Waals surface area contributed by atoms with Crippen LogP contribution in [0.25, 0.3) is 0 Å². The second kappa shape index (κ2) is 6.89. The third-order valence-corrected chi connectivity index (χ3v) is 3.59. The first-order valence-corrected chi connectivity index (χ1v) is 6.76. The van der Waals surface area contributed by atoms with Gasteiger partial charge in [-0.15, -0.1) is 0 Å². The number of hydrogen-bond acceptors (Lipinski definition) is 4. The van der Waals surface area contributed by atoms with Crippen LogP contribution >= 0.6 is 0 Å². The van der Waals surface area contributed by atoms with Gasteiger partial charge in [0.05, 0.1) is 19.8 Å². The van der Waals surface area contributed by atoms with E-state index < -0.39 is 0 Å². The van der Waals surface area contributed by atoms with Crippen molar-refractivity contribution in [3.8, 4) is 5.75 Å². The number of nitrogens with zero attached hydrogens (tertiary/aromatic N) is 1. The van der Waals surface area contributed by atoms with Crippen molar-refractivity contribution < 1.29 is 14.6 Å². The lowest BCUT2D eigenvalue weighted by molar-refractivity contribution is -0.0451. The summed E-state index contributed by atoms with van der Waals surface area (Å²) in [4.78, 5) is 2.23. The Balaban J connectivity index is 1.84. The SMILES string of the molecule is COc1ccc(CN(C)CC2COCCC2O)cc1. The second-order valence-corrected chi connectivity index (χ2v) is 5.24. The minimum absolute atomic E-state index is 0.219. The van der Waals surface area contributed by atoms with E-state index in [1.54, 1.807) is 7.11 Å². The van der Waals surface area contributed by atoms with Gasteiger partial charge in [-0.1, -0.05) is 12.1 Å². The van der Waals surface area contributed by atoms with Crippen molar-refractivity contribution in [2.24, 2.45) is 5.92 Å². The molecule has 2 unspecified atom stereocenters. The summed E-state index contributed by atoms with van der Waals surface area (Å²) in [7, 11) is 3.75. The van der Waals surface area contributed by atoms with Gasteiger partial charge >= 0.3 is 0 Å². The zero-order valence-electron chi connectivity index (χ0n) is 11.7. The largest absolute Gasteiger partial charge is 0.497 e. The normalized spacial score (nSPS) is 23.6. The number of ether oxygens (including phenoxy) is 2. The predicted octanol–water partition coefficient (Wildman–Crippen LogP) is 1.52. The first-order chi connectivity index (χ1) is 9.19. The summed E-state index contributed by atoms with van der Waals surface area (Å²) in [5, 5.41) is 9.93. The number of benzene rings is 1. The molecule has 4 nitrogen and oxygen atoms in total. The van der Waals surface area contributed by atoms with E-state index in [1.165, 1.54) is 5.56 Å². The molecule has 2 rings (SSSR count). The van der Waals surface area contributed by atoms with Gasteiger partial charge < -0.3 is 19.5 Å². The summed E-state index contributed by atoms with van der Waals surface area (Å²) >= 11 is 0. The van der Waals surface area contributed by atoms with Crippen LogP contribution in [0.5, 0.6) is 5.75 Å². The van der Waals surface area contributed by atoms with E-state index >= 15 is 0 Å². The summed E-state index contributed by atoms with van der Waals surface area (Å²) in [5.41, 5.74) is 1.24. The first-order valence-electron chi connectivity index (χ1n) is 6.76. The van der Waals surface area contributed by atoms with Gasteiger partial charge in [-0.25, -0.2) is 0 Å². The Labute approximate surface area is 114 Å². The van der Waals surface area contributed by atoms with E-state index in [-0.39, 0.29) is 12.0 Å². The van der Waals surface area contributed by atoms with E-state index in [0.717, 1.165) is 25.3 Å². The van der Waals surface area contributed by atoms with E-state index in [4.69, 9.17) is 9.47 Å². The number of rotatable bonds is 5. The molecule has 1 aromatic rings. The summed E-state index contributed by atoms with van der Waals surface area (Å²) in [5.74, 6) is 1.10. The number of aliphatic hydroxyl groups excluding tert-OH is 1. The predicted molar refractivity (Wildman–Crippen MR) is 74.3 cm³/mol. The van der Waals surface area contributed by atoms with Crippen LogP contribution in [0, 0.1) is 5.92 Å². The molecule has 0 spiro atoms. The van der Waals surface area contributed by atoms with Crippen LogP contribution < -0.4 is 4.74 Å². The lowest BCUT2D eigenvalue weighted by Gasteiger charge is -2.31. The maximum Gasteiger partial charge on any atom is 0.118 e. The van der Waals surface area contributed by atoms with Gasteiger partial charge in [-0.2, -0.15) is 0 Å². The third kappa shape index (κ3) is 4.20. The average Bonchev–Trinajstić information content (AvgIpc) is 2.42. The highest BCUT2D eigenvalue weighted by Crippen LogP contribution is 2.17. The van der Waals surface area contributed by atoms with E-state index in [9.17, 15) is 5.11 Å². The first kappa shape index (κ1) is 14.3. The Morgan fingerprint density at radius 3 is 2.74 bits per heavy atom. The van der Waals surface area contributed by atoms with Crippen molar-refractivity contribution in [1.29, 1.82) is 0 Å². The molecule has 1 fully saturated rings. The molecule has 1 heterocycles. The number of methoxy groups -OCH3 is 1. The Kier molecular flexibility index (Phi) is 5.19. The molecule has 0 aromatic heterocycles. The van der Waals surface area contributed by atoms with Crippen LogP contribution in [0.3, 0.4) is 0 Å². The van der Waals surface area contributed by atoms with Crippen molar-refractivity contribution in [3.63, 3.8) is 0 Å². The Morgan fingerprint density at radius 1 is 1.37 bits per heavy atom. The Bertz CT molecular complexity index is 379. The van der Waals surface area contributed by atoms with Gasteiger partial charge in [0, 0.05) is 25.6 Å². The highest BCUT2D eigenvalue weighted by atomic mass is 16.5. The Hall–Kier alpha value is -1.10. The highest BCUT2D eigenvalue weighted by Gasteiger charge is 2.24. The van der Waals surface area contributed by atoms with Crippen LogP contribution in [-0.4, -0.2) is 50.0 Å². The third-order valence-electron chi connectivity index (χ3n) is 3.59. The van der Waals surface area contributed by atoms with Crippen molar-refractivity contribution >= 4 is 0 Å². The maximum absolute atomic E-state index is 9.93. The fourth-order valence-corrected chi connectivity index (χ4v) is 2.47. The lowest BCUT2D eigenvalue weighted by atomic mass is 9.98. The van der Waals surface area contributed by atoms with Gasteiger partial charge in [0.15, 0.2) is 0 Å². The van der Waals surface area contributed by atoms with E-state index in [0.29, 0.717) is 13.2 Å². The van der Waals surface area contributed by atoms with Gasteiger partial charge in [-0.05, 0) is 31.2 Å². The standard InChI is InChI=1S/C15H23NO3/c1-16(10-13-11-19-8-7-15(13)17)9-12-3-5-14(18-2)6-4-12/h3-6,13,15,17H,7-11H2,1-2H3. The molecule has 0 aliphatic carbocycles. The van der Waals surface area contributed by atoms with Crippen LogP contribution in [0.2, 0.25) is 0 Å². The molecular weight excluding hydrogens is 242 g/mol. The fourth-order valence-electron chi connectivity index (χ4n) is 2.47. The molecule has 0 bridgehead atoms. The molecule has 2 atom stereocenters. The van der Waals surface area contributed by atoms with Gasteiger partial charge in [0.25, 0.3) is 0 Å². The van der Waals surface area contributed by atoms with Crippen LogP contribution in [0.4, 0.5) is 0 Å². The molecule has 1 aliphatic heterocycles. The van der Waals surface area contributed by atoms with Crippen LogP contribution in [-0.2, 0) is 11.3 Å². The molecule has 1 aromatic carbocycles. The minimum atomic E-state index is -0.230. The number of aliphatic hydroxyl groups is 1. The molecule has 1 N–H and O–H groups in total. The van der Waals surface area contributed by atoms with Crippen molar-refractivity contribution in [2.45, 2.75) is 19.1 Å². The van der Waals surface area contributed by atoms with Gasteiger partial charge in [0.2, 0.25) is 0 Å². The molecular formula is C15H23NO3. The second-order valence-electron chi connectivity index (χ2n) is 5.24. The van der Waals surface area contributed by atoms with Gasteiger partial charge in [0.1, 0.15) is 5.75 Å². The summed E-state index contributed by atoms with van der Waals surface area (Å²) < 4.78 is 10.6. The highest BCUT2D eigenvalue weighted by molar-refractivity contribution is 5.27. The topological polar surface area (TPSA) is 41.9 Å². The molecule has 106 valence electrons. The lowest BCUT2D eigenvalue weighted by Crippen LogP contribution is -2.39. The molecule has 0 saturated carbocycles. The minimum Gasteiger partial charge on any atom is -0.497 e. The van der Waals surface area contributed by atoms with Crippen molar-refractivity contribution in [3.05, 3.63) is 29.8 Å². The zero-order chi connectivity index (χ0) is 13.7. The molecule has 4 heteroatoms. The molecule has 19 heavy (non-hydrogen) atoms. The molecule has 0 radical (unpaired) electrons. The zero-order valence-corrected chi connectivity index (χ0v) is 11.7. The van der Waals surface area contributed by atoms with Crippen molar-refractivity contribution in [2.75, 3.05) is 33.9 Å². The van der Waals surface area contributed by atoms with Crippen LogP contribution in [0.15, 0.2) is 24.3 Å². The maximum atomic E-state index is 9.93. The quantitative estimate of drug-likeness (QED) is 0.876. The van der Waals surface area contributed by atoms with E-state index in [1.807, 2.05) is 12.1 Å². The molecule has 1 aliphatic rings. The summed E-state index contributed by atoms with van der Waals surface area (Å²) in [6.45, 7) is 3.06. The van der Waals surface area contributed by atoms with Gasteiger partial charge in [-0.3, -0.25) is 0 Å². The average molecular weight is 265 g/mol. The number of hydrogen-bond donors (Lipinski definition) is 1. The van der Waals surface area contributed by atoms with Crippen LogP contribution in [0.1, 0.15) is 12.0 Å².